The minimum absolute atomic E-state index is 0.0183. The lowest BCUT2D eigenvalue weighted by Gasteiger charge is -2.35. The topological polar surface area (TPSA) is 30.5 Å². The average molecular weight is 492 g/mol. The van der Waals surface area contributed by atoms with E-state index in [2.05, 4.69) is 96.6 Å². The molecule has 0 bridgehead atoms. The Morgan fingerprint density at radius 2 is 1.66 bits per heavy atom. The molecule has 1 atom stereocenters. The number of rotatable bonds is 7. The number of fused-ring (bicyclic) bond motifs is 1. The molecule has 166 valence electrons. The van der Waals surface area contributed by atoms with Crippen LogP contribution in [0.2, 0.25) is 0 Å². The van der Waals surface area contributed by atoms with Crippen molar-refractivity contribution < 1.29 is 9.47 Å². The van der Waals surface area contributed by atoms with E-state index in [1.807, 2.05) is 18.2 Å². The molecule has 32 heavy (non-hydrogen) atoms. The van der Waals surface area contributed by atoms with Crippen LogP contribution in [-0.4, -0.2) is 25.4 Å². The molecule has 1 aliphatic rings. The van der Waals surface area contributed by atoms with Crippen LogP contribution in [0.3, 0.4) is 0 Å². The fourth-order valence-electron chi connectivity index (χ4n) is 4.32. The molecule has 0 aromatic heterocycles. The Hall–Kier alpha value is -2.56. The van der Waals surface area contributed by atoms with Gasteiger partial charge >= 0.3 is 0 Å². The van der Waals surface area contributed by atoms with Gasteiger partial charge in [0.1, 0.15) is 5.75 Å². The maximum absolute atomic E-state index is 6.33. The highest BCUT2D eigenvalue weighted by Gasteiger charge is 2.29. The quantitative estimate of drug-likeness (QED) is 0.374. The molecule has 0 spiro atoms. The molecule has 4 heteroatoms. The second-order valence-corrected chi connectivity index (χ2v) is 9.68. The summed E-state index contributed by atoms with van der Waals surface area (Å²) in [6, 6.07) is 23.0. The Morgan fingerprint density at radius 3 is 2.44 bits per heavy atom. The minimum atomic E-state index is -0.192. The molecule has 0 saturated heterocycles. The highest BCUT2D eigenvalue weighted by atomic mass is 79.9. The monoisotopic (exact) mass is 491 g/mol. The SMILES string of the molecule is COc1ccccc1-c1cccc2c1NC(C)(C)C=C2C(C)OCCc1cccc(Br)c1. The van der Waals surface area contributed by atoms with Gasteiger partial charge in [0.25, 0.3) is 0 Å². The Bertz CT molecular complexity index is 1140. The summed E-state index contributed by atoms with van der Waals surface area (Å²) in [4.78, 5) is 0. The van der Waals surface area contributed by atoms with Gasteiger partial charge in [-0.25, -0.2) is 0 Å². The number of anilines is 1. The van der Waals surface area contributed by atoms with E-state index in [1.54, 1.807) is 7.11 Å². The molecule has 0 aliphatic carbocycles. The van der Waals surface area contributed by atoms with E-state index < -0.39 is 0 Å². The van der Waals surface area contributed by atoms with Crippen molar-refractivity contribution >= 4 is 27.2 Å². The van der Waals surface area contributed by atoms with Crippen molar-refractivity contribution in [3.8, 4) is 16.9 Å². The van der Waals surface area contributed by atoms with Gasteiger partial charge in [0, 0.05) is 21.2 Å². The Labute approximate surface area is 199 Å². The number of methoxy groups -OCH3 is 1. The molecule has 0 radical (unpaired) electrons. The van der Waals surface area contributed by atoms with Gasteiger partial charge in [0.2, 0.25) is 0 Å². The zero-order chi connectivity index (χ0) is 22.7. The largest absolute Gasteiger partial charge is 0.496 e. The first kappa shape index (κ1) is 22.6. The lowest BCUT2D eigenvalue weighted by Crippen LogP contribution is -2.34. The lowest BCUT2D eigenvalue weighted by atomic mass is 9.85. The standard InChI is InChI=1S/C28H30BrNO2/c1-19(32-16-15-20-9-7-10-21(29)17-20)25-18-28(2,3)30-27-23(12-8-13-24(25)27)22-11-5-6-14-26(22)31-4/h5-14,17-19,30H,15-16H2,1-4H3. The molecule has 0 amide bonds. The van der Waals surface area contributed by atoms with Crippen LogP contribution in [0.5, 0.6) is 5.75 Å². The Morgan fingerprint density at radius 1 is 0.938 bits per heavy atom. The van der Waals surface area contributed by atoms with Crippen LogP contribution in [0.4, 0.5) is 5.69 Å². The maximum Gasteiger partial charge on any atom is 0.126 e. The molecular weight excluding hydrogens is 462 g/mol. The van der Waals surface area contributed by atoms with Crippen molar-refractivity contribution in [1.82, 2.24) is 0 Å². The Balaban J connectivity index is 1.62. The predicted octanol–water partition coefficient (Wildman–Crippen LogP) is 7.36. The zero-order valence-corrected chi connectivity index (χ0v) is 20.7. The van der Waals surface area contributed by atoms with Gasteiger partial charge < -0.3 is 14.8 Å². The summed E-state index contributed by atoms with van der Waals surface area (Å²) in [6.07, 6.45) is 3.16. The van der Waals surface area contributed by atoms with Crippen LogP contribution < -0.4 is 10.1 Å². The van der Waals surface area contributed by atoms with Crippen molar-refractivity contribution in [3.05, 3.63) is 88.4 Å². The normalized spacial score (nSPS) is 15.3. The summed E-state index contributed by atoms with van der Waals surface area (Å²) < 4.78 is 13.1. The highest BCUT2D eigenvalue weighted by molar-refractivity contribution is 9.10. The van der Waals surface area contributed by atoms with E-state index in [-0.39, 0.29) is 11.6 Å². The molecule has 3 nitrogen and oxygen atoms in total. The van der Waals surface area contributed by atoms with E-state index in [4.69, 9.17) is 9.47 Å². The molecule has 1 heterocycles. The third-order valence-corrected chi connectivity index (χ3v) is 6.31. The van der Waals surface area contributed by atoms with Crippen LogP contribution in [0.15, 0.2) is 77.3 Å². The third-order valence-electron chi connectivity index (χ3n) is 5.82. The molecule has 1 aliphatic heterocycles. The van der Waals surface area contributed by atoms with Gasteiger partial charge in [-0.2, -0.15) is 0 Å². The number of hydrogen-bond acceptors (Lipinski definition) is 3. The van der Waals surface area contributed by atoms with Crippen LogP contribution in [-0.2, 0) is 11.2 Å². The summed E-state index contributed by atoms with van der Waals surface area (Å²) in [5, 5.41) is 3.73. The van der Waals surface area contributed by atoms with E-state index in [0.29, 0.717) is 6.61 Å². The summed E-state index contributed by atoms with van der Waals surface area (Å²) >= 11 is 3.55. The van der Waals surface area contributed by atoms with E-state index in [1.165, 1.54) is 16.7 Å². The maximum atomic E-state index is 6.33. The summed E-state index contributed by atoms with van der Waals surface area (Å²) in [5.74, 6) is 0.870. The number of ether oxygens (including phenoxy) is 2. The lowest BCUT2D eigenvalue weighted by molar-refractivity contribution is 0.106. The van der Waals surface area contributed by atoms with Crippen molar-refractivity contribution in [2.45, 2.75) is 38.8 Å². The molecule has 1 N–H and O–H groups in total. The number of halogens is 1. The van der Waals surface area contributed by atoms with E-state index in [0.717, 1.165) is 33.5 Å². The van der Waals surface area contributed by atoms with Crippen molar-refractivity contribution in [1.29, 1.82) is 0 Å². The average Bonchev–Trinajstić information content (AvgIpc) is 2.77. The van der Waals surface area contributed by atoms with Crippen molar-refractivity contribution in [2.75, 3.05) is 19.0 Å². The molecule has 3 aromatic carbocycles. The fraction of sp³-hybridized carbons (Fsp3) is 0.286. The van der Waals surface area contributed by atoms with Gasteiger partial charge in [0.05, 0.1) is 31.0 Å². The molecule has 0 fully saturated rings. The number of para-hydroxylation sites is 2. The van der Waals surface area contributed by atoms with Crippen molar-refractivity contribution in [3.63, 3.8) is 0 Å². The molecule has 1 unspecified atom stereocenters. The van der Waals surface area contributed by atoms with Crippen LogP contribution >= 0.6 is 15.9 Å². The summed E-state index contributed by atoms with van der Waals surface area (Å²) in [5.41, 5.74) is 6.83. The Kier molecular flexibility index (Phi) is 6.73. The number of nitrogens with one attached hydrogen (secondary N) is 1. The molecule has 0 saturated carbocycles. The van der Waals surface area contributed by atoms with Crippen LogP contribution in [0.25, 0.3) is 16.7 Å². The molecule has 3 aromatic rings. The molecular formula is C28H30BrNO2. The van der Waals surface area contributed by atoms with Gasteiger partial charge in [-0.1, -0.05) is 70.5 Å². The fourth-order valence-corrected chi connectivity index (χ4v) is 4.76. The minimum Gasteiger partial charge on any atom is -0.496 e. The molecule has 4 rings (SSSR count). The van der Waals surface area contributed by atoms with Gasteiger partial charge in [-0.05, 0) is 56.5 Å². The zero-order valence-electron chi connectivity index (χ0n) is 19.1. The van der Waals surface area contributed by atoms with Gasteiger partial charge in [-0.15, -0.1) is 0 Å². The number of hydrogen-bond donors (Lipinski definition) is 1. The summed E-state index contributed by atoms with van der Waals surface area (Å²) in [7, 11) is 1.72. The smallest absolute Gasteiger partial charge is 0.126 e. The first-order valence-corrected chi connectivity index (χ1v) is 11.8. The first-order valence-electron chi connectivity index (χ1n) is 11.0. The van der Waals surface area contributed by atoms with Crippen molar-refractivity contribution in [2.24, 2.45) is 0 Å². The van der Waals surface area contributed by atoms with Crippen LogP contribution in [0.1, 0.15) is 31.9 Å². The number of benzene rings is 3. The predicted molar refractivity (Wildman–Crippen MR) is 137 cm³/mol. The van der Waals surface area contributed by atoms with Crippen LogP contribution in [0, 0.1) is 0 Å². The summed E-state index contributed by atoms with van der Waals surface area (Å²) in [6.45, 7) is 7.21. The second kappa shape index (κ2) is 9.51. The first-order chi connectivity index (χ1) is 15.4. The van der Waals surface area contributed by atoms with E-state index >= 15 is 0 Å². The third kappa shape index (κ3) is 4.92. The van der Waals surface area contributed by atoms with Gasteiger partial charge in [-0.3, -0.25) is 0 Å². The second-order valence-electron chi connectivity index (χ2n) is 8.77. The van der Waals surface area contributed by atoms with E-state index in [9.17, 15) is 0 Å². The highest BCUT2D eigenvalue weighted by Crippen LogP contribution is 2.44. The van der Waals surface area contributed by atoms with Gasteiger partial charge in [0.15, 0.2) is 0 Å².